The van der Waals surface area contributed by atoms with Crippen molar-refractivity contribution < 1.29 is 4.79 Å². The lowest BCUT2D eigenvalue weighted by molar-refractivity contribution is 0.0944. The summed E-state index contributed by atoms with van der Waals surface area (Å²) in [5.41, 5.74) is 2.93. The number of carbonyl (C=O) groups is 1. The molecular formula is C14H17ClN4O. The maximum Gasteiger partial charge on any atom is 0.251 e. The molecule has 0 saturated heterocycles. The quantitative estimate of drug-likeness (QED) is 0.451. The predicted molar refractivity (Wildman–Crippen MR) is 76.1 cm³/mol. The van der Waals surface area contributed by atoms with Gasteiger partial charge in [0.1, 0.15) is 11.0 Å². The second kappa shape index (κ2) is 4.33. The van der Waals surface area contributed by atoms with Gasteiger partial charge in [-0.05, 0) is 55.1 Å². The molecule has 4 unspecified atom stereocenters. The van der Waals surface area contributed by atoms with E-state index >= 15 is 0 Å². The first kappa shape index (κ1) is 12.4. The number of nitrogens with two attached hydrogens (primary N) is 1. The largest absolute Gasteiger partial charge is 0.349 e. The van der Waals surface area contributed by atoms with Crippen LogP contribution in [0.5, 0.6) is 0 Å². The third kappa shape index (κ3) is 1.80. The van der Waals surface area contributed by atoms with Crippen LogP contribution >= 0.6 is 11.6 Å². The summed E-state index contributed by atoms with van der Waals surface area (Å²) in [5, 5.41) is 3.42. The lowest BCUT2D eigenvalue weighted by Crippen LogP contribution is -2.30. The van der Waals surface area contributed by atoms with Crippen LogP contribution in [-0.2, 0) is 0 Å². The Kier molecular flexibility index (Phi) is 2.69. The van der Waals surface area contributed by atoms with Crippen LogP contribution < -0.4 is 16.6 Å². The molecule has 106 valence electrons. The van der Waals surface area contributed by atoms with Crippen LogP contribution in [0.2, 0.25) is 5.15 Å². The van der Waals surface area contributed by atoms with Gasteiger partial charge in [-0.1, -0.05) is 11.6 Å². The number of nitrogen functional groups attached to an aromatic ring is 1. The number of hydrazine groups is 1. The molecule has 1 aromatic heterocycles. The summed E-state index contributed by atoms with van der Waals surface area (Å²) in [5.74, 6) is 8.78. The number of anilines is 1. The summed E-state index contributed by atoms with van der Waals surface area (Å²) in [6.45, 7) is 0. The molecule has 1 amide bonds. The van der Waals surface area contributed by atoms with Crippen molar-refractivity contribution in [2.24, 2.45) is 29.5 Å². The van der Waals surface area contributed by atoms with Crippen LogP contribution in [0.25, 0.3) is 0 Å². The van der Waals surface area contributed by atoms with Gasteiger partial charge in [0.05, 0.1) is 0 Å². The normalized spacial score (nSPS) is 36.6. The van der Waals surface area contributed by atoms with Gasteiger partial charge in [-0.2, -0.15) is 0 Å². The Labute approximate surface area is 122 Å². The highest BCUT2D eigenvalue weighted by Gasteiger charge is 2.65. The van der Waals surface area contributed by atoms with Crippen LogP contribution in [0.1, 0.15) is 29.6 Å². The highest BCUT2D eigenvalue weighted by Crippen LogP contribution is 2.65. The number of rotatable bonds is 3. The van der Waals surface area contributed by atoms with E-state index in [2.05, 4.69) is 15.7 Å². The van der Waals surface area contributed by atoms with Crippen molar-refractivity contribution in [1.82, 2.24) is 10.3 Å². The number of fused-ring (bicyclic) bond motifs is 5. The Morgan fingerprint density at radius 2 is 2.00 bits per heavy atom. The standard InChI is InChI=1S/C14H17ClN4O/c15-9-4-8(5-10(17-9)19-16)14(20)18-13-11-6-1-2-7(3-6)12(11)13/h4-7,11-13H,1-3,16H2,(H,17,19)(H,18,20). The number of nitrogens with zero attached hydrogens (tertiary/aromatic N) is 1. The highest BCUT2D eigenvalue weighted by molar-refractivity contribution is 6.29. The second-order valence-electron chi connectivity index (χ2n) is 6.20. The van der Waals surface area contributed by atoms with E-state index < -0.39 is 0 Å². The summed E-state index contributed by atoms with van der Waals surface area (Å²) in [6.07, 6.45) is 4.07. The number of hydrogen-bond acceptors (Lipinski definition) is 4. The number of aromatic nitrogens is 1. The van der Waals surface area contributed by atoms with E-state index in [1.807, 2.05) is 0 Å². The van der Waals surface area contributed by atoms with Crippen LogP contribution in [0.3, 0.4) is 0 Å². The van der Waals surface area contributed by atoms with Crippen molar-refractivity contribution in [3.05, 3.63) is 22.8 Å². The lowest BCUT2D eigenvalue weighted by atomic mass is 10.0. The molecule has 0 aromatic carbocycles. The van der Waals surface area contributed by atoms with Gasteiger partial charge in [0, 0.05) is 11.6 Å². The minimum Gasteiger partial charge on any atom is -0.349 e. The molecule has 4 rings (SSSR count). The minimum atomic E-state index is -0.0791. The SMILES string of the molecule is NNc1cc(C(=O)NC2C3C4CCC(C4)C23)cc(Cl)n1. The van der Waals surface area contributed by atoms with Crippen LogP contribution in [0, 0.1) is 23.7 Å². The van der Waals surface area contributed by atoms with Gasteiger partial charge in [0.25, 0.3) is 5.91 Å². The Bertz CT molecular complexity index is 562. The zero-order valence-corrected chi connectivity index (χ0v) is 11.7. The Morgan fingerprint density at radius 1 is 1.30 bits per heavy atom. The summed E-state index contributed by atoms with van der Waals surface area (Å²) in [4.78, 5) is 16.3. The summed E-state index contributed by atoms with van der Waals surface area (Å²) in [6, 6.07) is 3.56. The molecule has 2 bridgehead atoms. The van der Waals surface area contributed by atoms with Gasteiger partial charge in [-0.25, -0.2) is 10.8 Å². The molecule has 1 aromatic rings. The van der Waals surface area contributed by atoms with Crippen molar-refractivity contribution in [2.45, 2.75) is 25.3 Å². The maximum absolute atomic E-state index is 12.3. The van der Waals surface area contributed by atoms with Crippen molar-refractivity contribution in [3.8, 4) is 0 Å². The van der Waals surface area contributed by atoms with Crippen LogP contribution in [-0.4, -0.2) is 16.9 Å². The molecule has 1 heterocycles. The number of amides is 1. The van der Waals surface area contributed by atoms with E-state index in [1.165, 1.54) is 19.3 Å². The molecule has 0 spiro atoms. The molecule has 3 fully saturated rings. The molecule has 3 aliphatic rings. The first-order valence-electron chi connectivity index (χ1n) is 7.12. The smallest absolute Gasteiger partial charge is 0.251 e. The van der Waals surface area contributed by atoms with E-state index in [-0.39, 0.29) is 11.1 Å². The molecular weight excluding hydrogens is 276 g/mol. The average Bonchev–Trinajstić information content (AvgIpc) is 2.84. The van der Waals surface area contributed by atoms with Gasteiger partial charge in [-0.15, -0.1) is 0 Å². The summed E-state index contributed by atoms with van der Waals surface area (Å²) in [7, 11) is 0. The monoisotopic (exact) mass is 292 g/mol. The zero-order chi connectivity index (χ0) is 13.9. The fourth-order valence-electron chi connectivity index (χ4n) is 4.46. The molecule has 5 nitrogen and oxygen atoms in total. The fraction of sp³-hybridized carbons (Fsp3) is 0.571. The first-order chi connectivity index (χ1) is 9.67. The van der Waals surface area contributed by atoms with Gasteiger partial charge in [0.15, 0.2) is 0 Å². The van der Waals surface area contributed by atoms with Crippen molar-refractivity contribution in [3.63, 3.8) is 0 Å². The third-order valence-electron chi connectivity index (χ3n) is 5.24. The molecule has 20 heavy (non-hydrogen) atoms. The summed E-state index contributed by atoms with van der Waals surface area (Å²) >= 11 is 5.89. The first-order valence-corrected chi connectivity index (χ1v) is 7.50. The van der Waals surface area contributed by atoms with E-state index in [9.17, 15) is 4.79 Å². The number of pyridine rings is 1. The lowest BCUT2D eigenvalue weighted by Gasteiger charge is -2.11. The van der Waals surface area contributed by atoms with Gasteiger partial charge >= 0.3 is 0 Å². The van der Waals surface area contributed by atoms with E-state index in [1.54, 1.807) is 12.1 Å². The Morgan fingerprint density at radius 3 is 2.65 bits per heavy atom. The van der Waals surface area contributed by atoms with E-state index in [0.717, 1.165) is 23.7 Å². The Balaban J connectivity index is 1.48. The summed E-state index contributed by atoms with van der Waals surface area (Å²) < 4.78 is 0. The van der Waals surface area contributed by atoms with Gasteiger partial charge < -0.3 is 10.7 Å². The predicted octanol–water partition coefficient (Wildman–Crippen LogP) is 1.79. The van der Waals surface area contributed by atoms with Crippen molar-refractivity contribution in [1.29, 1.82) is 0 Å². The molecule has 4 N–H and O–H groups in total. The molecule has 6 heteroatoms. The van der Waals surface area contributed by atoms with Crippen molar-refractivity contribution >= 4 is 23.3 Å². The zero-order valence-electron chi connectivity index (χ0n) is 11.0. The third-order valence-corrected chi connectivity index (χ3v) is 5.43. The number of hydrogen-bond donors (Lipinski definition) is 3. The van der Waals surface area contributed by atoms with Gasteiger partial charge in [0.2, 0.25) is 0 Å². The van der Waals surface area contributed by atoms with Crippen LogP contribution in [0.4, 0.5) is 5.82 Å². The number of carbonyl (C=O) groups excluding carboxylic acids is 1. The number of nitrogens with one attached hydrogen (secondary N) is 2. The molecule has 0 aliphatic heterocycles. The second-order valence-corrected chi connectivity index (χ2v) is 6.58. The fourth-order valence-corrected chi connectivity index (χ4v) is 4.66. The van der Waals surface area contributed by atoms with Crippen LogP contribution in [0.15, 0.2) is 12.1 Å². The average molecular weight is 293 g/mol. The molecule has 0 radical (unpaired) electrons. The van der Waals surface area contributed by atoms with E-state index in [0.29, 0.717) is 17.4 Å². The topological polar surface area (TPSA) is 80.0 Å². The molecule has 3 aliphatic carbocycles. The van der Waals surface area contributed by atoms with Crippen molar-refractivity contribution in [2.75, 3.05) is 5.43 Å². The highest BCUT2D eigenvalue weighted by atomic mass is 35.5. The van der Waals surface area contributed by atoms with Gasteiger partial charge in [-0.3, -0.25) is 4.79 Å². The number of halogens is 1. The minimum absolute atomic E-state index is 0.0791. The molecule has 3 saturated carbocycles. The molecule has 4 atom stereocenters. The Hall–Kier alpha value is -1.33. The maximum atomic E-state index is 12.3. The van der Waals surface area contributed by atoms with E-state index in [4.69, 9.17) is 17.4 Å².